The van der Waals surface area contributed by atoms with Gasteiger partial charge in [-0.3, -0.25) is 15.0 Å². The highest BCUT2D eigenvalue weighted by Crippen LogP contribution is 2.40. The van der Waals surface area contributed by atoms with E-state index in [1.165, 1.54) is 0 Å². The maximum atomic E-state index is 12.1. The van der Waals surface area contributed by atoms with Crippen molar-refractivity contribution < 1.29 is 23.8 Å². The molecule has 0 radical (unpaired) electrons. The van der Waals surface area contributed by atoms with Crippen molar-refractivity contribution in [2.24, 2.45) is 5.92 Å². The molecule has 0 aliphatic carbocycles. The highest BCUT2D eigenvalue weighted by Gasteiger charge is 2.57. The first-order valence-electron chi connectivity index (χ1n) is 7.01. The van der Waals surface area contributed by atoms with Crippen LogP contribution in [0.25, 0.3) is 0 Å². The number of alkyl halides is 1. The first-order chi connectivity index (χ1) is 9.82. The van der Waals surface area contributed by atoms with E-state index in [1.807, 2.05) is 13.8 Å². The minimum absolute atomic E-state index is 0.122. The van der Waals surface area contributed by atoms with Gasteiger partial charge in [-0.2, -0.15) is 0 Å². The molecule has 0 saturated carbocycles. The molecule has 7 nitrogen and oxygen atoms in total. The molecule has 1 N–H and O–H groups in total. The van der Waals surface area contributed by atoms with Gasteiger partial charge in [0.05, 0.1) is 12.0 Å². The Morgan fingerprint density at radius 3 is 2.67 bits per heavy atom. The van der Waals surface area contributed by atoms with E-state index < -0.39 is 18.0 Å². The minimum Gasteiger partial charge on any atom is -0.348 e. The first-order valence-corrected chi connectivity index (χ1v) is 8.53. The van der Waals surface area contributed by atoms with Crippen molar-refractivity contribution in [2.75, 3.05) is 11.0 Å². The smallest absolute Gasteiger partial charge is 0.326 e. The Bertz CT molecular complexity index is 471. The number of nitrogens with one attached hydrogen (secondary N) is 1. The van der Waals surface area contributed by atoms with Crippen LogP contribution in [-0.2, 0) is 19.0 Å². The summed E-state index contributed by atoms with van der Waals surface area (Å²) in [6.07, 6.45) is -1.16. The minimum atomic E-state index is -0.685. The number of halogens is 1. The lowest BCUT2D eigenvalue weighted by Gasteiger charge is -2.36. The molecule has 118 valence electrons. The fraction of sp³-hybridized carbons (Fsp3) is 0.846. The van der Waals surface area contributed by atoms with Crippen molar-refractivity contribution in [1.29, 1.82) is 0 Å². The number of rotatable bonds is 2. The molecule has 0 aromatic heterocycles. The highest BCUT2D eigenvalue weighted by molar-refractivity contribution is 14.1. The van der Waals surface area contributed by atoms with Gasteiger partial charge in [-0.05, 0) is 13.8 Å². The van der Waals surface area contributed by atoms with Gasteiger partial charge in [0.15, 0.2) is 12.0 Å². The molecule has 3 rings (SSSR count). The Morgan fingerprint density at radius 2 is 2.00 bits per heavy atom. The lowest BCUT2D eigenvalue weighted by atomic mass is 10.1. The van der Waals surface area contributed by atoms with E-state index in [-0.39, 0.29) is 30.1 Å². The molecule has 3 aliphatic heterocycles. The number of hydrogen-bond acceptors (Lipinski definition) is 5. The van der Waals surface area contributed by atoms with Crippen molar-refractivity contribution >= 4 is 34.5 Å². The Morgan fingerprint density at radius 1 is 1.33 bits per heavy atom. The fourth-order valence-electron chi connectivity index (χ4n) is 3.01. The molecule has 5 atom stereocenters. The third kappa shape index (κ3) is 2.66. The second-order valence-corrected chi connectivity index (χ2v) is 7.01. The van der Waals surface area contributed by atoms with Crippen molar-refractivity contribution in [1.82, 2.24) is 10.2 Å². The second-order valence-electron chi connectivity index (χ2n) is 6.13. The van der Waals surface area contributed by atoms with Gasteiger partial charge in [0.25, 0.3) is 0 Å². The molecule has 8 heteroatoms. The van der Waals surface area contributed by atoms with Crippen LogP contribution in [-0.4, -0.2) is 58.1 Å². The Kier molecular flexibility index (Phi) is 3.92. The van der Waals surface area contributed by atoms with E-state index in [0.717, 1.165) is 4.43 Å². The zero-order chi connectivity index (χ0) is 15.4. The van der Waals surface area contributed by atoms with Gasteiger partial charge in [0.1, 0.15) is 12.2 Å². The Labute approximate surface area is 136 Å². The average Bonchev–Trinajstić information content (AvgIpc) is 2.87. The summed E-state index contributed by atoms with van der Waals surface area (Å²) in [7, 11) is 0. The Hall–Kier alpha value is -0.450. The monoisotopic (exact) mass is 410 g/mol. The maximum absolute atomic E-state index is 12.1. The zero-order valence-electron chi connectivity index (χ0n) is 12.2. The van der Waals surface area contributed by atoms with E-state index in [2.05, 4.69) is 27.9 Å². The number of imide groups is 1. The molecular formula is C13H19IN2O5. The predicted molar refractivity (Wildman–Crippen MR) is 80.8 cm³/mol. The van der Waals surface area contributed by atoms with E-state index in [9.17, 15) is 9.59 Å². The van der Waals surface area contributed by atoms with Crippen molar-refractivity contribution in [2.45, 2.75) is 51.1 Å². The summed E-state index contributed by atoms with van der Waals surface area (Å²) < 4.78 is 18.5. The molecule has 3 aliphatic rings. The van der Waals surface area contributed by atoms with E-state index in [1.54, 1.807) is 11.8 Å². The van der Waals surface area contributed by atoms with Gasteiger partial charge in [0, 0.05) is 11.0 Å². The third-order valence-electron chi connectivity index (χ3n) is 3.99. The summed E-state index contributed by atoms with van der Waals surface area (Å²) >= 11 is 2.24. The van der Waals surface area contributed by atoms with Crippen molar-refractivity contribution in [3.05, 3.63) is 0 Å². The SMILES string of the molecule is C[C@H]1CN([C@@H]2O[C@H](CI)[C@H]3OC(C)(C)O[C@H]32)C(=O)NC1=O. The average molecular weight is 410 g/mol. The zero-order valence-corrected chi connectivity index (χ0v) is 14.3. The number of carbonyl (C=O) groups excluding carboxylic acids is 2. The van der Waals surface area contributed by atoms with Gasteiger partial charge in [0.2, 0.25) is 5.91 Å². The molecule has 21 heavy (non-hydrogen) atoms. The maximum Gasteiger partial charge on any atom is 0.326 e. The normalized spacial score (nSPS) is 42.1. The molecule has 3 amide bonds. The van der Waals surface area contributed by atoms with E-state index >= 15 is 0 Å². The number of carbonyl (C=O) groups is 2. The molecule has 3 fully saturated rings. The van der Waals surface area contributed by atoms with Crippen LogP contribution < -0.4 is 5.32 Å². The van der Waals surface area contributed by atoms with Crippen LogP contribution in [0.3, 0.4) is 0 Å². The van der Waals surface area contributed by atoms with Crippen LogP contribution in [0.5, 0.6) is 0 Å². The van der Waals surface area contributed by atoms with Crippen molar-refractivity contribution in [3.8, 4) is 0 Å². The van der Waals surface area contributed by atoms with Crippen LogP contribution in [0, 0.1) is 5.92 Å². The van der Waals surface area contributed by atoms with Gasteiger partial charge in [-0.1, -0.05) is 29.5 Å². The topological polar surface area (TPSA) is 77.1 Å². The molecule has 0 aromatic carbocycles. The van der Waals surface area contributed by atoms with Gasteiger partial charge in [-0.25, -0.2) is 4.79 Å². The summed E-state index contributed by atoms with van der Waals surface area (Å²) in [6.45, 7) is 5.83. The summed E-state index contributed by atoms with van der Waals surface area (Å²) in [5, 5.41) is 2.36. The van der Waals surface area contributed by atoms with E-state index in [4.69, 9.17) is 14.2 Å². The van der Waals surface area contributed by atoms with Gasteiger partial charge in [-0.15, -0.1) is 0 Å². The lowest BCUT2D eigenvalue weighted by molar-refractivity contribution is -0.199. The predicted octanol–water partition coefficient (Wildman–Crippen LogP) is 0.854. The van der Waals surface area contributed by atoms with Crippen LogP contribution >= 0.6 is 22.6 Å². The van der Waals surface area contributed by atoms with Crippen LogP contribution in [0.2, 0.25) is 0 Å². The number of hydrogen-bond donors (Lipinski definition) is 1. The highest BCUT2D eigenvalue weighted by atomic mass is 127. The summed E-state index contributed by atoms with van der Waals surface area (Å²) in [5.41, 5.74) is 0. The largest absolute Gasteiger partial charge is 0.348 e. The lowest BCUT2D eigenvalue weighted by Crippen LogP contribution is -2.59. The molecule has 0 aromatic rings. The van der Waals surface area contributed by atoms with Crippen LogP contribution in [0.15, 0.2) is 0 Å². The van der Waals surface area contributed by atoms with Crippen LogP contribution in [0.4, 0.5) is 4.79 Å². The van der Waals surface area contributed by atoms with Crippen LogP contribution in [0.1, 0.15) is 20.8 Å². The molecule has 0 spiro atoms. The second kappa shape index (κ2) is 5.32. The molecule has 3 heterocycles. The third-order valence-corrected chi connectivity index (χ3v) is 4.86. The standard InChI is InChI=1S/C13H19IN2O5/c1-6-5-16(12(18)15-10(6)17)11-9-8(7(4-14)19-11)20-13(2,3)21-9/h6-9,11H,4-5H2,1-3H3,(H,15,17,18)/t6-,7+,8+,9+,11+/m0/s1. The molecule has 0 unspecified atom stereocenters. The number of nitrogens with zero attached hydrogens (tertiary/aromatic N) is 1. The summed E-state index contributed by atoms with van der Waals surface area (Å²) in [5.74, 6) is -1.20. The quantitative estimate of drug-likeness (QED) is 0.540. The Balaban J connectivity index is 1.82. The molecule has 3 saturated heterocycles. The fourth-order valence-corrected chi connectivity index (χ4v) is 3.72. The van der Waals surface area contributed by atoms with E-state index in [0.29, 0.717) is 6.54 Å². The number of amides is 3. The summed E-state index contributed by atoms with van der Waals surface area (Å²) in [6, 6.07) is -0.427. The molecular weight excluding hydrogens is 391 g/mol. The number of urea groups is 1. The van der Waals surface area contributed by atoms with Gasteiger partial charge >= 0.3 is 6.03 Å². The summed E-state index contributed by atoms with van der Waals surface area (Å²) in [4.78, 5) is 25.2. The van der Waals surface area contributed by atoms with Gasteiger partial charge < -0.3 is 14.2 Å². The molecule has 0 bridgehead atoms. The van der Waals surface area contributed by atoms with Crippen molar-refractivity contribution in [3.63, 3.8) is 0 Å². The first kappa shape index (κ1) is 15.4. The number of ether oxygens (including phenoxy) is 3. The number of fused-ring (bicyclic) bond motifs is 1.